The van der Waals surface area contributed by atoms with Gasteiger partial charge in [-0.05, 0) is 30.2 Å². The summed E-state index contributed by atoms with van der Waals surface area (Å²) in [5.74, 6) is -0.231. The first-order chi connectivity index (χ1) is 11.7. The summed E-state index contributed by atoms with van der Waals surface area (Å²) in [7, 11) is 0. The number of anilines is 2. The lowest BCUT2D eigenvalue weighted by atomic mass is 10.1. The Hall–Kier alpha value is -2.95. The van der Waals surface area contributed by atoms with E-state index in [9.17, 15) is 9.59 Å². The minimum Gasteiger partial charge on any atom is -0.271 e. The topological polar surface area (TPSA) is 54.6 Å². The number of aryl methyl sites for hydroxylation is 1. The van der Waals surface area contributed by atoms with E-state index in [-0.39, 0.29) is 11.9 Å². The molecule has 2 aliphatic heterocycles. The van der Waals surface area contributed by atoms with E-state index in [1.165, 1.54) is 10.5 Å². The second-order valence-electron chi connectivity index (χ2n) is 6.02. The number of urea groups is 1. The van der Waals surface area contributed by atoms with Crippen molar-refractivity contribution in [2.75, 3.05) is 9.80 Å². The second kappa shape index (κ2) is 5.60. The Morgan fingerprint density at radius 3 is 2.54 bits per heavy atom. The molecule has 1 saturated heterocycles. The maximum Gasteiger partial charge on any atom is 0.337 e. The highest BCUT2D eigenvalue weighted by Crippen LogP contribution is 2.33. The van der Waals surface area contributed by atoms with Gasteiger partial charge in [-0.1, -0.05) is 37.6 Å². The van der Waals surface area contributed by atoms with Crippen LogP contribution in [0.5, 0.6) is 0 Å². The molecule has 1 atom stereocenters. The molecule has 24 heavy (non-hydrogen) atoms. The summed E-state index contributed by atoms with van der Waals surface area (Å²) >= 11 is 0. The van der Waals surface area contributed by atoms with Gasteiger partial charge in [-0.15, -0.1) is 0 Å². The third-order valence-electron chi connectivity index (χ3n) is 4.44. The molecule has 2 aromatic rings. The van der Waals surface area contributed by atoms with Gasteiger partial charge in [0.1, 0.15) is 5.69 Å². The maximum atomic E-state index is 12.9. The highest BCUT2D eigenvalue weighted by atomic mass is 16.2. The summed E-state index contributed by atoms with van der Waals surface area (Å²) in [6.45, 7) is 2.12. The van der Waals surface area contributed by atoms with E-state index in [1.807, 2.05) is 48.5 Å². The lowest BCUT2D eigenvalue weighted by molar-refractivity contribution is -0.350. The van der Waals surface area contributed by atoms with Crippen LogP contribution in [0, 0.1) is 0 Å². The highest BCUT2D eigenvalue weighted by molar-refractivity contribution is 6.33. The fourth-order valence-corrected chi connectivity index (χ4v) is 3.27. The number of amides is 3. The molecule has 4 rings (SSSR count). The molecule has 2 heterocycles. The van der Waals surface area contributed by atoms with Crippen molar-refractivity contribution >= 4 is 35.2 Å². The standard InChI is InChI=1S/C19H17N3O2/c1-2-5-13-8-10-14(11-9-13)21-18(23)17-12-20-15-6-3-4-7-16(15)22(17)19(21)24/h3-4,6-12,17H,2,5H2,1H3/p+1. The molecule has 0 aliphatic carbocycles. The minimum absolute atomic E-state index is 0.231. The number of hydrogen-bond donors (Lipinski definition) is 1. The van der Waals surface area contributed by atoms with Gasteiger partial charge in [0.25, 0.3) is 5.91 Å². The Kier molecular flexibility index (Phi) is 3.41. The summed E-state index contributed by atoms with van der Waals surface area (Å²) in [5, 5.41) is 0. The predicted octanol–water partition coefficient (Wildman–Crippen LogP) is 1.78. The molecule has 0 bridgehead atoms. The van der Waals surface area contributed by atoms with E-state index in [4.69, 9.17) is 0 Å². The first kappa shape index (κ1) is 14.6. The van der Waals surface area contributed by atoms with Crippen molar-refractivity contribution in [3.05, 3.63) is 54.1 Å². The molecular weight excluding hydrogens is 302 g/mol. The Balaban J connectivity index is 1.71. The van der Waals surface area contributed by atoms with Gasteiger partial charge in [0.2, 0.25) is 5.69 Å². The molecule has 0 spiro atoms. The first-order valence-corrected chi connectivity index (χ1v) is 8.15. The number of fused-ring (bicyclic) bond motifs is 3. The van der Waals surface area contributed by atoms with Crippen LogP contribution in [-0.4, -0.2) is 24.2 Å². The van der Waals surface area contributed by atoms with E-state index in [0.29, 0.717) is 5.69 Å². The Morgan fingerprint density at radius 1 is 1.04 bits per heavy atom. The van der Waals surface area contributed by atoms with Gasteiger partial charge in [0, 0.05) is 6.07 Å². The predicted molar refractivity (Wildman–Crippen MR) is 92.7 cm³/mol. The summed E-state index contributed by atoms with van der Waals surface area (Å²) in [6.07, 6.45) is 3.73. The fraction of sp³-hybridized carbons (Fsp3) is 0.211. The minimum atomic E-state index is -0.609. The Morgan fingerprint density at radius 2 is 1.79 bits per heavy atom. The lowest BCUT2D eigenvalue weighted by Crippen LogP contribution is -2.69. The summed E-state index contributed by atoms with van der Waals surface area (Å²) in [5.41, 5.74) is 3.38. The molecule has 1 unspecified atom stereocenters. The van der Waals surface area contributed by atoms with Crippen molar-refractivity contribution in [2.24, 2.45) is 0 Å². The molecule has 1 N–H and O–H groups in total. The molecule has 3 amide bonds. The van der Waals surface area contributed by atoms with Crippen LogP contribution in [0.1, 0.15) is 18.9 Å². The van der Waals surface area contributed by atoms with Crippen molar-refractivity contribution in [1.82, 2.24) is 0 Å². The van der Waals surface area contributed by atoms with Crippen LogP contribution in [0.15, 0.2) is 48.5 Å². The molecule has 0 aromatic heterocycles. The van der Waals surface area contributed by atoms with Crippen molar-refractivity contribution < 1.29 is 14.6 Å². The van der Waals surface area contributed by atoms with Crippen LogP contribution in [-0.2, 0) is 11.2 Å². The largest absolute Gasteiger partial charge is 0.337 e. The zero-order chi connectivity index (χ0) is 16.7. The smallest absolute Gasteiger partial charge is 0.271 e. The molecular formula is C19H18N3O2+. The zero-order valence-electron chi connectivity index (χ0n) is 13.4. The third-order valence-corrected chi connectivity index (χ3v) is 4.44. The Bertz CT molecular complexity index is 842. The van der Waals surface area contributed by atoms with Gasteiger partial charge in [-0.2, -0.15) is 0 Å². The van der Waals surface area contributed by atoms with E-state index < -0.39 is 6.04 Å². The average Bonchev–Trinajstić information content (AvgIpc) is 2.87. The number of para-hydroxylation sites is 2. The number of nitrogens with one attached hydrogen (secondary N) is 1. The normalized spacial score (nSPS) is 18.8. The van der Waals surface area contributed by atoms with Crippen molar-refractivity contribution in [2.45, 2.75) is 25.8 Å². The van der Waals surface area contributed by atoms with E-state index in [1.54, 1.807) is 11.1 Å². The van der Waals surface area contributed by atoms with Gasteiger partial charge in [-0.25, -0.2) is 14.7 Å². The quantitative estimate of drug-likeness (QED) is 0.877. The van der Waals surface area contributed by atoms with Crippen molar-refractivity contribution in [3.63, 3.8) is 0 Å². The van der Waals surface area contributed by atoms with E-state index >= 15 is 0 Å². The van der Waals surface area contributed by atoms with Gasteiger partial charge in [-0.3, -0.25) is 9.69 Å². The summed E-state index contributed by atoms with van der Waals surface area (Å²) in [4.78, 5) is 31.6. The van der Waals surface area contributed by atoms with Crippen LogP contribution >= 0.6 is 0 Å². The van der Waals surface area contributed by atoms with Gasteiger partial charge in [0.05, 0.1) is 5.69 Å². The van der Waals surface area contributed by atoms with Gasteiger partial charge >= 0.3 is 6.03 Å². The molecule has 0 saturated carbocycles. The Labute approximate surface area is 140 Å². The van der Waals surface area contributed by atoms with Crippen molar-refractivity contribution in [3.8, 4) is 0 Å². The molecule has 2 aliphatic rings. The van der Waals surface area contributed by atoms with Gasteiger partial charge < -0.3 is 0 Å². The number of carbonyl (C=O) groups excluding carboxylic acids is 2. The lowest BCUT2D eigenvalue weighted by Gasteiger charge is -2.20. The summed E-state index contributed by atoms with van der Waals surface area (Å²) < 4.78 is 0. The molecule has 120 valence electrons. The van der Waals surface area contributed by atoms with E-state index in [2.05, 4.69) is 11.9 Å². The first-order valence-electron chi connectivity index (χ1n) is 8.15. The van der Waals surface area contributed by atoms with Crippen LogP contribution in [0.3, 0.4) is 0 Å². The molecule has 2 aromatic carbocycles. The van der Waals surface area contributed by atoms with Crippen molar-refractivity contribution in [1.29, 1.82) is 0 Å². The number of rotatable bonds is 3. The van der Waals surface area contributed by atoms with E-state index in [0.717, 1.165) is 24.2 Å². The number of imide groups is 1. The fourth-order valence-electron chi connectivity index (χ4n) is 3.27. The highest BCUT2D eigenvalue weighted by Gasteiger charge is 2.50. The monoisotopic (exact) mass is 320 g/mol. The second-order valence-corrected chi connectivity index (χ2v) is 6.02. The number of carbonyl (C=O) groups is 2. The average molecular weight is 320 g/mol. The maximum absolute atomic E-state index is 12.9. The number of nitrogens with zero attached hydrogens (tertiary/aromatic N) is 2. The number of hydrogen-bond acceptors (Lipinski definition) is 2. The molecule has 5 heteroatoms. The van der Waals surface area contributed by atoms with Crippen LogP contribution in [0.4, 0.5) is 21.9 Å². The van der Waals surface area contributed by atoms with Crippen LogP contribution in [0.2, 0.25) is 0 Å². The molecule has 1 fully saturated rings. The SMILES string of the molecule is CCCc1ccc(N2C(=O)C3C=[NH+]c4ccccc4N3C2=O)cc1. The summed E-state index contributed by atoms with van der Waals surface area (Å²) in [6, 6.07) is 14.2. The van der Waals surface area contributed by atoms with Gasteiger partial charge in [0.15, 0.2) is 12.3 Å². The molecule has 0 radical (unpaired) electrons. The zero-order valence-corrected chi connectivity index (χ0v) is 13.4. The third kappa shape index (κ3) is 2.12. The molecule has 5 nitrogen and oxygen atoms in total. The number of benzene rings is 2. The van der Waals surface area contributed by atoms with Crippen LogP contribution in [0.25, 0.3) is 0 Å². The van der Waals surface area contributed by atoms with Crippen LogP contribution < -0.4 is 14.8 Å².